The maximum Gasteiger partial charge on any atom is 0.324 e. The third-order valence-electron chi connectivity index (χ3n) is 3.32. The van der Waals surface area contributed by atoms with Gasteiger partial charge in [0.1, 0.15) is 5.54 Å². The van der Waals surface area contributed by atoms with E-state index < -0.39 is 21.5 Å². The molecule has 1 saturated heterocycles. The normalized spacial score (nSPS) is 26.6. The summed E-state index contributed by atoms with van der Waals surface area (Å²) in [5, 5.41) is 9.18. The summed E-state index contributed by atoms with van der Waals surface area (Å²) in [4.78, 5) is 11.2. The average Bonchev–Trinajstić information content (AvgIpc) is 2.60. The smallest absolute Gasteiger partial charge is 0.324 e. The molecule has 1 unspecified atom stereocenters. The van der Waals surface area contributed by atoms with Crippen LogP contribution in [0.5, 0.6) is 0 Å². The van der Waals surface area contributed by atoms with E-state index in [1.54, 1.807) is 0 Å². The summed E-state index contributed by atoms with van der Waals surface area (Å²) < 4.78 is 25.4. The van der Waals surface area contributed by atoms with Crippen molar-refractivity contribution in [3.63, 3.8) is 0 Å². The average molecular weight is 263 g/mol. The van der Waals surface area contributed by atoms with Gasteiger partial charge >= 0.3 is 5.97 Å². The van der Waals surface area contributed by atoms with Crippen LogP contribution in [0.25, 0.3) is 0 Å². The van der Waals surface area contributed by atoms with Crippen LogP contribution in [0.3, 0.4) is 0 Å². The molecular formula is C11H21NO4S. The Labute approximate surface area is 103 Å². The molecule has 17 heavy (non-hydrogen) atoms. The molecule has 0 aromatic heterocycles. The van der Waals surface area contributed by atoms with Gasteiger partial charge in [0.25, 0.3) is 0 Å². The number of carboxylic acid groups (broad SMARTS) is 1. The first-order valence-electron chi connectivity index (χ1n) is 5.94. The quantitative estimate of drug-likeness (QED) is 0.811. The molecule has 1 rings (SSSR count). The Bertz CT molecular complexity index is 390. The second kappa shape index (κ2) is 4.94. The second-order valence-corrected chi connectivity index (χ2v) is 7.27. The predicted molar refractivity (Wildman–Crippen MR) is 65.2 cm³/mol. The Morgan fingerprint density at radius 2 is 2.06 bits per heavy atom. The van der Waals surface area contributed by atoms with Gasteiger partial charge in [-0.3, -0.25) is 4.79 Å². The molecule has 0 aromatic carbocycles. The summed E-state index contributed by atoms with van der Waals surface area (Å²) in [5.74, 6) is -0.723. The van der Waals surface area contributed by atoms with Crippen molar-refractivity contribution in [1.29, 1.82) is 0 Å². The summed E-state index contributed by atoms with van der Waals surface area (Å²) in [6.45, 7) is 5.73. The zero-order valence-corrected chi connectivity index (χ0v) is 11.5. The molecule has 5 nitrogen and oxygen atoms in total. The van der Waals surface area contributed by atoms with E-state index >= 15 is 0 Å². The number of rotatable bonds is 5. The van der Waals surface area contributed by atoms with E-state index in [9.17, 15) is 18.3 Å². The van der Waals surface area contributed by atoms with Crippen LogP contribution in [0.4, 0.5) is 0 Å². The summed E-state index contributed by atoms with van der Waals surface area (Å²) in [7, 11) is -3.46. The minimum absolute atomic E-state index is 0.0353. The molecule has 1 fully saturated rings. The number of hydrogen-bond acceptors (Lipinski definition) is 3. The Hall–Kier alpha value is -0.620. The summed E-state index contributed by atoms with van der Waals surface area (Å²) in [6, 6.07) is 0. The first-order chi connectivity index (χ1) is 7.70. The van der Waals surface area contributed by atoms with Crippen molar-refractivity contribution in [2.45, 2.75) is 45.6 Å². The highest BCUT2D eigenvalue weighted by Gasteiger charge is 2.48. The van der Waals surface area contributed by atoms with Crippen molar-refractivity contribution >= 4 is 16.0 Å². The number of aliphatic carboxylic acids is 1. The Morgan fingerprint density at radius 3 is 2.53 bits per heavy atom. The predicted octanol–water partition coefficient (Wildman–Crippen LogP) is 1.30. The van der Waals surface area contributed by atoms with Gasteiger partial charge in [0.2, 0.25) is 10.0 Å². The minimum atomic E-state index is -3.46. The zero-order chi connectivity index (χ0) is 13.3. The molecule has 1 atom stereocenters. The third kappa shape index (κ3) is 2.98. The van der Waals surface area contributed by atoms with Gasteiger partial charge < -0.3 is 5.11 Å². The van der Waals surface area contributed by atoms with Gasteiger partial charge in [-0.25, -0.2) is 8.42 Å². The molecular weight excluding hydrogens is 242 g/mol. The van der Waals surface area contributed by atoms with Crippen molar-refractivity contribution in [2.75, 3.05) is 12.3 Å². The van der Waals surface area contributed by atoms with Crippen molar-refractivity contribution in [3.05, 3.63) is 0 Å². The lowest BCUT2D eigenvalue weighted by molar-refractivity contribution is -0.146. The maximum atomic E-state index is 12.1. The lowest BCUT2D eigenvalue weighted by Crippen LogP contribution is -2.51. The summed E-state index contributed by atoms with van der Waals surface area (Å²) in [6.07, 6.45) is 1.57. The Morgan fingerprint density at radius 1 is 1.47 bits per heavy atom. The zero-order valence-electron chi connectivity index (χ0n) is 10.6. The van der Waals surface area contributed by atoms with Crippen LogP contribution >= 0.6 is 0 Å². The van der Waals surface area contributed by atoms with E-state index in [1.807, 2.05) is 13.8 Å². The molecule has 0 aromatic rings. The van der Waals surface area contributed by atoms with Crippen molar-refractivity contribution < 1.29 is 18.3 Å². The molecule has 1 aliphatic rings. The van der Waals surface area contributed by atoms with Crippen LogP contribution in [0.1, 0.15) is 40.0 Å². The highest BCUT2D eigenvalue weighted by atomic mass is 32.2. The molecule has 1 aliphatic heterocycles. The highest BCUT2D eigenvalue weighted by Crippen LogP contribution is 2.32. The van der Waals surface area contributed by atoms with Crippen molar-refractivity contribution in [1.82, 2.24) is 4.31 Å². The second-order valence-electron chi connectivity index (χ2n) is 5.25. The number of hydrogen-bond donors (Lipinski definition) is 1. The Balaban J connectivity index is 2.87. The number of carbonyl (C=O) groups is 1. The van der Waals surface area contributed by atoms with E-state index in [1.165, 1.54) is 11.2 Å². The van der Waals surface area contributed by atoms with E-state index in [4.69, 9.17) is 0 Å². The van der Waals surface area contributed by atoms with Crippen LogP contribution in [-0.4, -0.2) is 41.6 Å². The molecule has 0 bridgehead atoms. The number of sulfonamides is 1. The maximum absolute atomic E-state index is 12.1. The lowest BCUT2D eigenvalue weighted by atomic mass is 10.0. The summed E-state index contributed by atoms with van der Waals surface area (Å²) in [5.41, 5.74) is -1.25. The standard InChI is InChI=1S/C11H21NO4S/c1-9(2)5-8-17(15,16)12-7-4-6-11(12,3)10(13)14/h9H,4-8H2,1-3H3,(H,13,14). The molecule has 0 spiro atoms. The van der Waals surface area contributed by atoms with E-state index in [2.05, 4.69) is 0 Å². The van der Waals surface area contributed by atoms with Crippen LogP contribution in [-0.2, 0) is 14.8 Å². The molecule has 100 valence electrons. The molecule has 0 saturated carbocycles. The van der Waals surface area contributed by atoms with Crippen molar-refractivity contribution in [3.8, 4) is 0 Å². The molecule has 1 N–H and O–H groups in total. The van der Waals surface area contributed by atoms with Gasteiger partial charge in [0.05, 0.1) is 5.75 Å². The lowest BCUT2D eigenvalue weighted by Gasteiger charge is -2.30. The van der Waals surface area contributed by atoms with Gasteiger partial charge in [0, 0.05) is 6.54 Å². The number of carboxylic acids is 1. The van der Waals surface area contributed by atoms with Crippen LogP contribution in [0.2, 0.25) is 0 Å². The van der Waals surface area contributed by atoms with E-state index in [0.29, 0.717) is 31.7 Å². The van der Waals surface area contributed by atoms with Gasteiger partial charge in [-0.2, -0.15) is 4.31 Å². The number of nitrogens with zero attached hydrogens (tertiary/aromatic N) is 1. The highest BCUT2D eigenvalue weighted by molar-refractivity contribution is 7.89. The third-order valence-corrected chi connectivity index (χ3v) is 5.33. The first kappa shape index (κ1) is 14.4. The molecule has 6 heteroatoms. The van der Waals surface area contributed by atoms with Crippen LogP contribution < -0.4 is 0 Å². The topological polar surface area (TPSA) is 74.7 Å². The van der Waals surface area contributed by atoms with Gasteiger partial charge in [-0.15, -0.1) is 0 Å². The largest absolute Gasteiger partial charge is 0.480 e. The van der Waals surface area contributed by atoms with Gasteiger partial charge in [0.15, 0.2) is 0 Å². The van der Waals surface area contributed by atoms with Gasteiger partial charge in [-0.05, 0) is 32.1 Å². The fourth-order valence-electron chi connectivity index (χ4n) is 2.09. The van der Waals surface area contributed by atoms with E-state index in [0.717, 1.165) is 0 Å². The molecule has 0 radical (unpaired) electrons. The van der Waals surface area contributed by atoms with E-state index in [-0.39, 0.29) is 5.75 Å². The minimum Gasteiger partial charge on any atom is -0.480 e. The van der Waals surface area contributed by atoms with Crippen LogP contribution in [0, 0.1) is 5.92 Å². The first-order valence-corrected chi connectivity index (χ1v) is 7.55. The summed E-state index contributed by atoms with van der Waals surface area (Å²) >= 11 is 0. The van der Waals surface area contributed by atoms with Crippen LogP contribution in [0.15, 0.2) is 0 Å². The SMILES string of the molecule is CC(C)CCS(=O)(=O)N1CCCC1(C)C(=O)O. The molecule has 0 aliphatic carbocycles. The molecule has 1 heterocycles. The molecule has 0 amide bonds. The fourth-order valence-corrected chi connectivity index (χ4v) is 4.27. The van der Waals surface area contributed by atoms with Crippen molar-refractivity contribution in [2.24, 2.45) is 5.92 Å². The van der Waals surface area contributed by atoms with Gasteiger partial charge in [-0.1, -0.05) is 13.8 Å². The Kier molecular flexibility index (Phi) is 4.19. The monoisotopic (exact) mass is 263 g/mol. The fraction of sp³-hybridized carbons (Fsp3) is 0.909.